The maximum atomic E-state index is 12.0. The van der Waals surface area contributed by atoms with Gasteiger partial charge in [-0.3, -0.25) is 0 Å². The molecule has 0 saturated carbocycles. The second kappa shape index (κ2) is 7.28. The third-order valence-corrected chi connectivity index (χ3v) is 6.28. The molecule has 1 heterocycles. The van der Waals surface area contributed by atoms with Gasteiger partial charge in [0.15, 0.2) is 0 Å². The molecule has 1 rings (SSSR count). The van der Waals surface area contributed by atoms with E-state index in [9.17, 15) is 13.2 Å². The number of nitrogens with one attached hydrogen (secondary N) is 1. The highest BCUT2D eigenvalue weighted by Crippen LogP contribution is 2.25. The van der Waals surface area contributed by atoms with Crippen molar-refractivity contribution in [3.05, 3.63) is 16.5 Å². The van der Waals surface area contributed by atoms with Crippen molar-refractivity contribution >= 4 is 39.1 Å². The number of rotatable bonds is 8. The van der Waals surface area contributed by atoms with Gasteiger partial charge in [-0.05, 0) is 43.4 Å². The summed E-state index contributed by atoms with van der Waals surface area (Å²) in [5, 5.41) is 8.91. The molecule has 0 amide bonds. The highest BCUT2D eigenvalue weighted by molar-refractivity contribution is 7.98. The molecule has 0 aliphatic heterocycles. The van der Waals surface area contributed by atoms with Crippen LogP contribution in [0.25, 0.3) is 0 Å². The summed E-state index contributed by atoms with van der Waals surface area (Å²) in [6.07, 6.45) is 3.73. The minimum Gasteiger partial charge on any atom is -0.477 e. The van der Waals surface area contributed by atoms with Crippen LogP contribution in [0.4, 0.5) is 0 Å². The zero-order valence-corrected chi connectivity index (χ0v) is 13.3. The number of sulfonamides is 1. The van der Waals surface area contributed by atoms with Crippen molar-refractivity contribution in [1.29, 1.82) is 0 Å². The van der Waals surface area contributed by atoms with Crippen LogP contribution in [0.5, 0.6) is 0 Å². The third-order valence-electron chi connectivity index (χ3n) is 2.42. The Kier molecular flexibility index (Phi) is 6.31. The summed E-state index contributed by atoms with van der Waals surface area (Å²) >= 11 is 2.51. The van der Waals surface area contributed by atoms with E-state index in [2.05, 4.69) is 4.72 Å². The van der Waals surface area contributed by atoms with Crippen molar-refractivity contribution in [1.82, 2.24) is 4.72 Å². The van der Waals surface area contributed by atoms with Crippen LogP contribution < -0.4 is 4.72 Å². The van der Waals surface area contributed by atoms with Gasteiger partial charge >= 0.3 is 5.97 Å². The summed E-state index contributed by atoms with van der Waals surface area (Å²) in [4.78, 5) is 11.0. The molecule has 0 unspecified atom stereocenters. The van der Waals surface area contributed by atoms with Gasteiger partial charge in [0.2, 0.25) is 10.0 Å². The molecule has 5 nitrogen and oxygen atoms in total. The maximum absolute atomic E-state index is 12.0. The number of hydrogen-bond donors (Lipinski definition) is 2. The Morgan fingerprint density at radius 2 is 2.16 bits per heavy atom. The van der Waals surface area contributed by atoms with E-state index in [1.807, 2.05) is 6.26 Å². The smallest absolute Gasteiger partial charge is 0.346 e. The normalized spacial score (nSPS) is 11.7. The highest BCUT2D eigenvalue weighted by atomic mass is 32.2. The predicted octanol–water partition coefficient (Wildman–Crippen LogP) is 2.18. The SMILES string of the molecule is CSCCCCNS(=O)(=O)c1cc(C)c(C(=O)O)s1. The fourth-order valence-corrected chi connectivity index (χ4v) is 4.44. The molecule has 0 aliphatic carbocycles. The number of aryl methyl sites for hydroxylation is 1. The number of carboxylic acid groups (broad SMARTS) is 1. The Hall–Kier alpha value is -0.570. The van der Waals surface area contributed by atoms with Crippen molar-refractivity contribution in [3.63, 3.8) is 0 Å². The second-order valence-electron chi connectivity index (χ2n) is 3.98. The predicted molar refractivity (Wildman–Crippen MR) is 78.8 cm³/mol. The molecule has 0 radical (unpaired) electrons. The summed E-state index contributed by atoms with van der Waals surface area (Å²) in [6.45, 7) is 1.97. The lowest BCUT2D eigenvalue weighted by Crippen LogP contribution is -2.24. The van der Waals surface area contributed by atoms with E-state index in [-0.39, 0.29) is 9.09 Å². The summed E-state index contributed by atoms with van der Waals surface area (Å²) in [5.74, 6) is -0.0906. The van der Waals surface area contributed by atoms with Gasteiger partial charge in [-0.25, -0.2) is 17.9 Å². The molecule has 0 spiro atoms. The first kappa shape index (κ1) is 16.5. The third kappa shape index (κ3) is 4.79. The number of thioether (sulfide) groups is 1. The monoisotopic (exact) mass is 323 g/mol. The molecule has 1 aromatic heterocycles. The van der Waals surface area contributed by atoms with E-state index in [4.69, 9.17) is 5.11 Å². The number of unbranched alkanes of at least 4 members (excludes halogenated alkanes) is 1. The van der Waals surface area contributed by atoms with E-state index in [0.29, 0.717) is 12.1 Å². The molecule has 2 N–H and O–H groups in total. The second-order valence-corrected chi connectivity index (χ2v) is 8.01. The molecule has 8 heteroatoms. The van der Waals surface area contributed by atoms with Gasteiger partial charge in [0.25, 0.3) is 0 Å². The highest BCUT2D eigenvalue weighted by Gasteiger charge is 2.21. The number of carbonyl (C=O) groups is 1. The van der Waals surface area contributed by atoms with Crippen molar-refractivity contribution < 1.29 is 18.3 Å². The summed E-state index contributed by atoms with van der Waals surface area (Å²) in [7, 11) is -3.58. The lowest BCUT2D eigenvalue weighted by atomic mass is 10.3. The van der Waals surface area contributed by atoms with Crippen LogP contribution in [-0.4, -0.2) is 38.0 Å². The Morgan fingerprint density at radius 1 is 1.47 bits per heavy atom. The van der Waals surface area contributed by atoms with E-state index < -0.39 is 16.0 Å². The zero-order valence-electron chi connectivity index (χ0n) is 10.8. The molecule has 0 aromatic carbocycles. The van der Waals surface area contributed by atoms with Crippen LogP contribution in [0.3, 0.4) is 0 Å². The fourth-order valence-electron chi connectivity index (χ4n) is 1.45. The van der Waals surface area contributed by atoms with Crippen LogP contribution in [0, 0.1) is 6.92 Å². The van der Waals surface area contributed by atoms with Crippen molar-refractivity contribution in [2.24, 2.45) is 0 Å². The van der Waals surface area contributed by atoms with Crippen LogP contribution in [0.1, 0.15) is 28.1 Å². The molecule has 0 saturated heterocycles. The van der Waals surface area contributed by atoms with E-state index in [1.165, 1.54) is 6.07 Å². The number of aromatic carboxylic acids is 1. The Balaban J connectivity index is 2.67. The summed E-state index contributed by atoms with van der Waals surface area (Å²) in [5.41, 5.74) is 0.472. The van der Waals surface area contributed by atoms with Gasteiger partial charge in [-0.1, -0.05) is 0 Å². The minimum atomic E-state index is -3.58. The average Bonchev–Trinajstić information content (AvgIpc) is 2.72. The molecule has 1 aromatic rings. The van der Waals surface area contributed by atoms with Crippen molar-refractivity contribution in [2.45, 2.75) is 24.0 Å². The van der Waals surface area contributed by atoms with E-state index in [1.54, 1.807) is 18.7 Å². The number of hydrogen-bond acceptors (Lipinski definition) is 5. The van der Waals surface area contributed by atoms with Gasteiger partial charge in [-0.15, -0.1) is 11.3 Å². The minimum absolute atomic E-state index is 0.0623. The molecule has 108 valence electrons. The van der Waals surface area contributed by atoms with E-state index in [0.717, 1.165) is 29.9 Å². The molecular weight excluding hydrogens is 306 g/mol. The zero-order chi connectivity index (χ0) is 14.5. The van der Waals surface area contributed by atoms with Crippen LogP contribution in [0.15, 0.2) is 10.3 Å². The van der Waals surface area contributed by atoms with Gasteiger partial charge in [0.05, 0.1) is 0 Å². The van der Waals surface area contributed by atoms with Gasteiger partial charge in [-0.2, -0.15) is 11.8 Å². The van der Waals surface area contributed by atoms with Gasteiger partial charge in [0.1, 0.15) is 9.09 Å². The summed E-state index contributed by atoms with van der Waals surface area (Å²) in [6, 6.07) is 1.40. The Labute approximate surface area is 121 Å². The number of carboxylic acids is 1. The average molecular weight is 323 g/mol. The standard InChI is InChI=1S/C11H17NO4S3/c1-8-7-9(18-10(8)11(13)14)19(15,16)12-5-3-4-6-17-2/h7,12H,3-6H2,1-2H3,(H,13,14). The van der Waals surface area contributed by atoms with Crippen molar-refractivity contribution in [2.75, 3.05) is 18.6 Å². The van der Waals surface area contributed by atoms with E-state index >= 15 is 0 Å². The molecule has 0 fully saturated rings. The first-order chi connectivity index (χ1) is 8.88. The first-order valence-corrected chi connectivity index (χ1v) is 9.40. The number of thiophene rings is 1. The molecule has 0 bridgehead atoms. The van der Waals surface area contributed by atoms with Crippen LogP contribution >= 0.6 is 23.1 Å². The van der Waals surface area contributed by atoms with Gasteiger partial charge < -0.3 is 5.11 Å². The molecule has 19 heavy (non-hydrogen) atoms. The molecule has 0 aliphatic rings. The summed E-state index contributed by atoms with van der Waals surface area (Å²) < 4.78 is 26.5. The lowest BCUT2D eigenvalue weighted by Gasteiger charge is -2.03. The quantitative estimate of drug-likeness (QED) is 0.716. The first-order valence-electron chi connectivity index (χ1n) is 5.71. The van der Waals surface area contributed by atoms with Crippen LogP contribution in [0.2, 0.25) is 0 Å². The lowest BCUT2D eigenvalue weighted by molar-refractivity contribution is 0.0701. The molecule has 0 atom stereocenters. The Morgan fingerprint density at radius 3 is 2.68 bits per heavy atom. The van der Waals surface area contributed by atoms with Gasteiger partial charge in [0, 0.05) is 6.54 Å². The molecular formula is C11H17NO4S3. The van der Waals surface area contributed by atoms with Crippen LogP contribution in [-0.2, 0) is 10.0 Å². The van der Waals surface area contributed by atoms with Crippen molar-refractivity contribution in [3.8, 4) is 0 Å². The largest absolute Gasteiger partial charge is 0.477 e. The Bertz CT molecular complexity index is 536. The topological polar surface area (TPSA) is 83.5 Å². The fraction of sp³-hybridized carbons (Fsp3) is 0.545. The maximum Gasteiger partial charge on any atom is 0.346 e.